The van der Waals surface area contributed by atoms with E-state index in [0.29, 0.717) is 5.69 Å². The van der Waals surface area contributed by atoms with Gasteiger partial charge in [-0.3, -0.25) is 9.59 Å². The number of carbonyl (C=O) groups is 2. The van der Waals surface area contributed by atoms with Crippen molar-refractivity contribution >= 4 is 11.9 Å². The predicted octanol–water partition coefficient (Wildman–Crippen LogP) is 0.706. The van der Waals surface area contributed by atoms with Crippen LogP contribution in [0.25, 0.3) is 0 Å². The first-order valence-electron chi connectivity index (χ1n) is 5.03. The Bertz CT molecular complexity index is 384. The maximum Gasteiger partial charge on any atom is 0.307 e. The molecule has 0 spiro atoms. The van der Waals surface area contributed by atoms with E-state index < -0.39 is 0 Å². The molecule has 0 saturated carbocycles. The van der Waals surface area contributed by atoms with Crippen LogP contribution >= 0.6 is 0 Å². The molecule has 16 heavy (non-hydrogen) atoms. The van der Waals surface area contributed by atoms with Gasteiger partial charge >= 0.3 is 5.97 Å². The molecule has 1 amide bonds. The monoisotopic (exact) mass is 224 g/mol. The van der Waals surface area contributed by atoms with E-state index in [-0.39, 0.29) is 24.3 Å². The number of rotatable bonds is 4. The molecule has 1 N–H and O–H groups in total. The van der Waals surface area contributed by atoms with Crippen LogP contribution < -0.4 is 5.32 Å². The van der Waals surface area contributed by atoms with Gasteiger partial charge in [0.1, 0.15) is 5.69 Å². The van der Waals surface area contributed by atoms with Crippen molar-refractivity contribution < 1.29 is 14.3 Å². The first kappa shape index (κ1) is 12.3. The Kier molecular flexibility index (Phi) is 4.10. The van der Waals surface area contributed by atoms with Crippen LogP contribution in [0.4, 0.5) is 0 Å². The Hall–Kier alpha value is -1.78. The molecule has 1 aromatic rings. The van der Waals surface area contributed by atoms with E-state index in [2.05, 4.69) is 10.1 Å². The van der Waals surface area contributed by atoms with Crippen molar-refractivity contribution in [1.29, 1.82) is 0 Å². The largest absolute Gasteiger partial charge is 0.469 e. The van der Waals surface area contributed by atoms with Crippen LogP contribution in [0.3, 0.4) is 0 Å². The zero-order valence-electron chi connectivity index (χ0n) is 9.69. The molecule has 0 fully saturated rings. The second-order valence-electron chi connectivity index (χ2n) is 3.66. The van der Waals surface area contributed by atoms with Crippen LogP contribution in [0.5, 0.6) is 0 Å². The zero-order chi connectivity index (χ0) is 12.1. The summed E-state index contributed by atoms with van der Waals surface area (Å²) in [4.78, 5) is 22.7. The van der Waals surface area contributed by atoms with Gasteiger partial charge in [-0.25, -0.2) is 0 Å². The smallest absolute Gasteiger partial charge is 0.307 e. The molecule has 0 bridgehead atoms. The molecule has 1 rings (SSSR count). The lowest BCUT2D eigenvalue weighted by molar-refractivity contribution is -0.141. The number of aromatic nitrogens is 1. The lowest BCUT2D eigenvalue weighted by Crippen LogP contribution is -2.35. The van der Waals surface area contributed by atoms with Gasteiger partial charge in [-0.2, -0.15) is 0 Å². The summed E-state index contributed by atoms with van der Waals surface area (Å²) in [5.41, 5.74) is 0.566. The third-order valence-corrected chi connectivity index (χ3v) is 2.25. The lowest BCUT2D eigenvalue weighted by atomic mass is 10.2. The first-order valence-corrected chi connectivity index (χ1v) is 5.03. The molecule has 0 aliphatic rings. The second-order valence-corrected chi connectivity index (χ2v) is 3.66. The minimum absolute atomic E-state index is 0.173. The summed E-state index contributed by atoms with van der Waals surface area (Å²) in [5.74, 6) is -0.524. The van der Waals surface area contributed by atoms with E-state index in [1.165, 1.54) is 7.11 Å². The maximum atomic E-state index is 11.7. The van der Waals surface area contributed by atoms with Gasteiger partial charge in [0.15, 0.2) is 0 Å². The highest BCUT2D eigenvalue weighted by atomic mass is 16.5. The number of methoxy groups -OCH3 is 1. The molecular weight excluding hydrogens is 208 g/mol. The summed E-state index contributed by atoms with van der Waals surface area (Å²) in [5, 5.41) is 2.73. The van der Waals surface area contributed by atoms with Gasteiger partial charge in [-0.1, -0.05) is 0 Å². The van der Waals surface area contributed by atoms with Crippen LogP contribution in [-0.2, 0) is 16.6 Å². The summed E-state index contributed by atoms with van der Waals surface area (Å²) >= 11 is 0. The zero-order valence-corrected chi connectivity index (χ0v) is 9.69. The Morgan fingerprint density at radius 1 is 1.56 bits per heavy atom. The van der Waals surface area contributed by atoms with Crippen molar-refractivity contribution in [3.05, 3.63) is 24.0 Å². The molecule has 1 unspecified atom stereocenters. The van der Waals surface area contributed by atoms with Crippen LogP contribution in [0.15, 0.2) is 18.3 Å². The third kappa shape index (κ3) is 3.12. The summed E-state index contributed by atoms with van der Waals surface area (Å²) in [6, 6.07) is 3.27. The Balaban J connectivity index is 2.52. The van der Waals surface area contributed by atoms with Crippen LogP contribution in [0, 0.1) is 0 Å². The Morgan fingerprint density at radius 3 is 2.75 bits per heavy atom. The van der Waals surface area contributed by atoms with Crippen molar-refractivity contribution in [3.8, 4) is 0 Å². The number of ether oxygens (including phenoxy) is 1. The van der Waals surface area contributed by atoms with Gasteiger partial charge in [0, 0.05) is 19.3 Å². The molecule has 5 heteroatoms. The number of esters is 1. The highest BCUT2D eigenvalue weighted by molar-refractivity contribution is 5.93. The van der Waals surface area contributed by atoms with E-state index in [4.69, 9.17) is 0 Å². The number of hydrogen-bond donors (Lipinski definition) is 1. The van der Waals surface area contributed by atoms with Gasteiger partial charge in [-0.15, -0.1) is 0 Å². The SMILES string of the molecule is COC(=O)CC(C)NC(=O)c1cccn1C. The number of hydrogen-bond acceptors (Lipinski definition) is 3. The highest BCUT2D eigenvalue weighted by Gasteiger charge is 2.14. The van der Waals surface area contributed by atoms with Crippen LogP contribution in [-0.4, -0.2) is 29.6 Å². The van der Waals surface area contributed by atoms with Crippen molar-refractivity contribution in [2.75, 3.05) is 7.11 Å². The topological polar surface area (TPSA) is 60.3 Å². The number of aryl methyl sites for hydroxylation is 1. The van der Waals surface area contributed by atoms with Gasteiger partial charge in [0.05, 0.1) is 13.5 Å². The maximum absolute atomic E-state index is 11.7. The standard InChI is InChI=1S/C11H16N2O3/c1-8(7-10(14)16-3)12-11(15)9-5-4-6-13(9)2/h4-6,8H,7H2,1-3H3,(H,12,15). The van der Waals surface area contributed by atoms with Gasteiger partial charge in [0.2, 0.25) is 0 Å². The van der Waals surface area contributed by atoms with E-state index >= 15 is 0 Å². The molecule has 0 radical (unpaired) electrons. The summed E-state index contributed by atoms with van der Waals surface area (Å²) < 4.78 is 6.24. The summed E-state index contributed by atoms with van der Waals surface area (Å²) in [6.45, 7) is 1.76. The van der Waals surface area contributed by atoms with Gasteiger partial charge < -0.3 is 14.6 Å². The third-order valence-electron chi connectivity index (χ3n) is 2.25. The number of amides is 1. The molecule has 5 nitrogen and oxygen atoms in total. The van der Waals surface area contributed by atoms with Crippen LogP contribution in [0.1, 0.15) is 23.8 Å². The highest BCUT2D eigenvalue weighted by Crippen LogP contribution is 2.01. The van der Waals surface area contributed by atoms with E-state index in [1.807, 2.05) is 0 Å². The summed E-state index contributed by atoms with van der Waals surface area (Å²) in [6.07, 6.45) is 1.96. The molecule has 0 saturated heterocycles. The molecule has 1 aromatic heterocycles. The Labute approximate surface area is 94.4 Å². The fraction of sp³-hybridized carbons (Fsp3) is 0.455. The number of nitrogens with one attached hydrogen (secondary N) is 1. The minimum atomic E-state index is -0.334. The van der Waals surface area contributed by atoms with Crippen LogP contribution in [0.2, 0.25) is 0 Å². The van der Waals surface area contributed by atoms with E-state index in [0.717, 1.165) is 0 Å². The molecular formula is C11H16N2O3. The predicted molar refractivity (Wildman–Crippen MR) is 59.0 cm³/mol. The normalized spacial score (nSPS) is 11.9. The average molecular weight is 224 g/mol. The molecule has 1 heterocycles. The van der Waals surface area contributed by atoms with Gasteiger partial charge in [0.25, 0.3) is 5.91 Å². The van der Waals surface area contributed by atoms with Crippen molar-refractivity contribution in [2.24, 2.45) is 7.05 Å². The van der Waals surface area contributed by atoms with Crippen molar-refractivity contribution in [1.82, 2.24) is 9.88 Å². The fourth-order valence-electron chi connectivity index (χ4n) is 1.38. The Morgan fingerprint density at radius 2 is 2.25 bits per heavy atom. The lowest BCUT2D eigenvalue weighted by Gasteiger charge is -2.12. The number of nitrogens with zero attached hydrogens (tertiary/aromatic N) is 1. The van der Waals surface area contributed by atoms with Crippen molar-refractivity contribution in [2.45, 2.75) is 19.4 Å². The second kappa shape index (κ2) is 5.34. The molecule has 0 aromatic carbocycles. The van der Waals surface area contributed by atoms with E-state index in [9.17, 15) is 9.59 Å². The molecule has 0 aliphatic carbocycles. The van der Waals surface area contributed by atoms with Crippen molar-refractivity contribution in [3.63, 3.8) is 0 Å². The molecule has 0 aliphatic heterocycles. The minimum Gasteiger partial charge on any atom is -0.469 e. The quantitative estimate of drug-likeness (QED) is 0.766. The fourth-order valence-corrected chi connectivity index (χ4v) is 1.38. The molecule has 88 valence electrons. The summed E-state index contributed by atoms with van der Waals surface area (Å²) in [7, 11) is 3.12. The molecule has 1 atom stereocenters. The first-order chi connectivity index (χ1) is 7.54. The average Bonchev–Trinajstić information content (AvgIpc) is 2.63. The van der Waals surface area contributed by atoms with Gasteiger partial charge in [-0.05, 0) is 19.1 Å². The number of carbonyl (C=O) groups excluding carboxylic acids is 2. The van der Waals surface area contributed by atoms with E-state index in [1.54, 1.807) is 36.9 Å².